The molecule has 0 spiro atoms. The molecule has 1 N–H and O–H groups in total. The van der Waals surface area contributed by atoms with Gasteiger partial charge in [-0.2, -0.15) is 0 Å². The molecule has 2 aliphatic heterocycles. The second kappa shape index (κ2) is 7.36. The highest BCUT2D eigenvalue weighted by Crippen LogP contribution is 2.27. The molecule has 140 valence electrons. The SMILES string of the molecule is O=C(NC(CN1C(=O)COC1=O)c1ccccc1)C1CN(c2nccs2)C1. The van der Waals surface area contributed by atoms with E-state index in [2.05, 4.69) is 10.3 Å². The maximum atomic E-state index is 12.7. The van der Waals surface area contributed by atoms with Crippen LogP contribution in [0.5, 0.6) is 0 Å². The zero-order valence-corrected chi connectivity index (χ0v) is 15.2. The van der Waals surface area contributed by atoms with Crippen molar-refractivity contribution in [1.82, 2.24) is 15.2 Å². The van der Waals surface area contributed by atoms with Crippen LogP contribution in [0.1, 0.15) is 11.6 Å². The van der Waals surface area contributed by atoms with Crippen LogP contribution >= 0.6 is 11.3 Å². The Bertz CT molecular complexity index is 820. The lowest BCUT2D eigenvalue weighted by Crippen LogP contribution is -2.55. The van der Waals surface area contributed by atoms with Crippen LogP contribution in [0.3, 0.4) is 0 Å². The summed E-state index contributed by atoms with van der Waals surface area (Å²) in [6, 6.07) is 8.81. The minimum Gasteiger partial charge on any atom is -0.439 e. The third kappa shape index (κ3) is 3.63. The zero-order valence-electron chi connectivity index (χ0n) is 14.4. The Morgan fingerprint density at radius 2 is 2.07 bits per heavy atom. The molecule has 1 unspecified atom stereocenters. The molecule has 2 aliphatic rings. The molecule has 2 aromatic rings. The Morgan fingerprint density at radius 1 is 1.30 bits per heavy atom. The van der Waals surface area contributed by atoms with Gasteiger partial charge in [0.05, 0.1) is 18.5 Å². The maximum Gasteiger partial charge on any atom is 0.417 e. The number of benzene rings is 1. The van der Waals surface area contributed by atoms with Crippen molar-refractivity contribution in [2.75, 3.05) is 31.1 Å². The number of carbonyl (C=O) groups is 3. The summed E-state index contributed by atoms with van der Waals surface area (Å²) in [6.45, 7) is 1.01. The molecule has 2 fully saturated rings. The normalized spacial score (nSPS) is 18.2. The molecule has 1 aromatic carbocycles. The Labute approximate surface area is 159 Å². The molecular formula is C18H18N4O4S. The molecule has 1 aromatic heterocycles. The molecule has 3 heterocycles. The number of imide groups is 1. The van der Waals surface area contributed by atoms with Gasteiger partial charge in [-0.05, 0) is 5.56 Å². The van der Waals surface area contributed by atoms with Crippen molar-refractivity contribution in [2.45, 2.75) is 6.04 Å². The quantitative estimate of drug-likeness (QED) is 0.807. The molecule has 9 heteroatoms. The van der Waals surface area contributed by atoms with Gasteiger partial charge in [-0.1, -0.05) is 30.3 Å². The van der Waals surface area contributed by atoms with Crippen LogP contribution in [0.15, 0.2) is 41.9 Å². The van der Waals surface area contributed by atoms with E-state index in [-0.39, 0.29) is 25.0 Å². The lowest BCUT2D eigenvalue weighted by molar-refractivity contribution is -0.129. The van der Waals surface area contributed by atoms with E-state index < -0.39 is 18.0 Å². The van der Waals surface area contributed by atoms with Crippen LogP contribution in [0, 0.1) is 5.92 Å². The Hall–Kier alpha value is -2.94. The van der Waals surface area contributed by atoms with Gasteiger partial charge in [0.15, 0.2) is 11.7 Å². The van der Waals surface area contributed by atoms with Crippen LogP contribution in [-0.2, 0) is 14.3 Å². The van der Waals surface area contributed by atoms with E-state index in [9.17, 15) is 14.4 Å². The van der Waals surface area contributed by atoms with Gasteiger partial charge in [-0.3, -0.25) is 9.59 Å². The van der Waals surface area contributed by atoms with Crippen LogP contribution in [0.2, 0.25) is 0 Å². The van der Waals surface area contributed by atoms with Crippen molar-refractivity contribution in [3.05, 3.63) is 47.5 Å². The van der Waals surface area contributed by atoms with Gasteiger partial charge in [0.2, 0.25) is 5.91 Å². The second-order valence-electron chi connectivity index (χ2n) is 6.45. The lowest BCUT2D eigenvalue weighted by atomic mass is 9.98. The zero-order chi connectivity index (χ0) is 18.8. The van der Waals surface area contributed by atoms with Crippen molar-refractivity contribution in [3.8, 4) is 0 Å². The fourth-order valence-electron chi connectivity index (χ4n) is 3.12. The molecule has 4 rings (SSSR count). The van der Waals surface area contributed by atoms with E-state index in [0.29, 0.717) is 13.1 Å². The number of aromatic nitrogens is 1. The molecule has 0 aliphatic carbocycles. The minimum absolute atomic E-state index is 0.0519. The highest BCUT2D eigenvalue weighted by Gasteiger charge is 2.37. The number of nitrogens with zero attached hydrogens (tertiary/aromatic N) is 3. The topological polar surface area (TPSA) is 91.8 Å². The molecule has 0 bridgehead atoms. The summed E-state index contributed by atoms with van der Waals surface area (Å²) in [5.74, 6) is -0.646. The summed E-state index contributed by atoms with van der Waals surface area (Å²) < 4.78 is 4.77. The summed E-state index contributed by atoms with van der Waals surface area (Å²) in [5.41, 5.74) is 0.828. The molecular weight excluding hydrogens is 368 g/mol. The Balaban J connectivity index is 1.42. The van der Waals surface area contributed by atoms with Gasteiger partial charge in [-0.15, -0.1) is 11.3 Å². The maximum absolute atomic E-state index is 12.7. The van der Waals surface area contributed by atoms with Gasteiger partial charge in [0.1, 0.15) is 0 Å². The number of rotatable bonds is 6. The van der Waals surface area contributed by atoms with Crippen molar-refractivity contribution >= 4 is 34.4 Å². The second-order valence-corrected chi connectivity index (χ2v) is 7.32. The van der Waals surface area contributed by atoms with Crippen LogP contribution in [0.4, 0.5) is 9.93 Å². The lowest BCUT2D eigenvalue weighted by Gasteiger charge is -2.38. The van der Waals surface area contributed by atoms with Gasteiger partial charge < -0.3 is 15.0 Å². The van der Waals surface area contributed by atoms with Crippen LogP contribution < -0.4 is 10.2 Å². The summed E-state index contributed by atoms with van der Waals surface area (Å²) in [4.78, 5) is 43.7. The Morgan fingerprint density at radius 3 is 2.70 bits per heavy atom. The van der Waals surface area contributed by atoms with Crippen molar-refractivity contribution < 1.29 is 19.1 Å². The highest BCUT2D eigenvalue weighted by molar-refractivity contribution is 7.13. The number of cyclic esters (lactones) is 1. The fourth-order valence-corrected chi connectivity index (χ4v) is 3.79. The van der Waals surface area contributed by atoms with Crippen molar-refractivity contribution in [2.24, 2.45) is 5.92 Å². The summed E-state index contributed by atoms with van der Waals surface area (Å²) in [5, 5.41) is 5.79. The molecule has 8 nitrogen and oxygen atoms in total. The number of carbonyl (C=O) groups excluding carboxylic acids is 3. The first-order valence-electron chi connectivity index (χ1n) is 8.58. The first kappa shape index (κ1) is 17.5. The minimum atomic E-state index is -0.672. The number of anilines is 1. The number of hydrogen-bond donors (Lipinski definition) is 1. The van der Waals surface area contributed by atoms with E-state index in [1.165, 1.54) is 0 Å². The molecule has 0 saturated carbocycles. The van der Waals surface area contributed by atoms with Gasteiger partial charge in [0, 0.05) is 24.7 Å². The molecule has 0 radical (unpaired) electrons. The summed E-state index contributed by atoms with van der Waals surface area (Å²) in [6.07, 6.45) is 1.07. The largest absolute Gasteiger partial charge is 0.439 e. The summed E-state index contributed by atoms with van der Waals surface area (Å²) in [7, 11) is 0. The van der Waals surface area contributed by atoms with E-state index >= 15 is 0 Å². The predicted octanol–water partition coefficient (Wildman–Crippen LogP) is 1.42. The van der Waals surface area contributed by atoms with E-state index in [0.717, 1.165) is 15.6 Å². The van der Waals surface area contributed by atoms with Crippen molar-refractivity contribution in [1.29, 1.82) is 0 Å². The average Bonchev–Trinajstić information content (AvgIpc) is 3.26. The summed E-state index contributed by atoms with van der Waals surface area (Å²) >= 11 is 1.54. The first-order valence-corrected chi connectivity index (χ1v) is 9.46. The smallest absolute Gasteiger partial charge is 0.417 e. The average molecular weight is 386 g/mol. The van der Waals surface area contributed by atoms with Crippen molar-refractivity contribution in [3.63, 3.8) is 0 Å². The number of ether oxygens (including phenoxy) is 1. The third-order valence-corrected chi connectivity index (χ3v) is 5.50. The highest BCUT2D eigenvalue weighted by atomic mass is 32.1. The molecule has 1 atom stereocenters. The van der Waals surface area contributed by atoms with Gasteiger partial charge >= 0.3 is 6.09 Å². The van der Waals surface area contributed by atoms with E-state index in [4.69, 9.17) is 4.74 Å². The molecule has 27 heavy (non-hydrogen) atoms. The monoisotopic (exact) mass is 386 g/mol. The van der Waals surface area contributed by atoms with Crippen LogP contribution in [-0.4, -0.2) is 54.0 Å². The fraction of sp³-hybridized carbons (Fsp3) is 0.333. The van der Waals surface area contributed by atoms with Crippen LogP contribution in [0.25, 0.3) is 0 Å². The number of hydrogen-bond acceptors (Lipinski definition) is 7. The Kier molecular flexibility index (Phi) is 4.76. The molecule has 2 saturated heterocycles. The first-order chi connectivity index (χ1) is 13.1. The molecule has 3 amide bonds. The van der Waals surface area contributed by atoms with E-state index in [1.54, 1.807) is 17.5 Å². The number of thiazole rings is 1. The third-order valence-electron chi connectivity index (χ3n) is 4.67. The number of amides is 3. The van der Waals surface area contributed by atoms with Gasteiger partial charge in [0.25, 0.3) is 5.91 Å². The van der Waals surface area contributed by atoms with E-state index in [1.807, 2.05) is 40.6 Å². The van der Waals surface area contributed by atoms with Gasteiger partial charge in [-0.25, -0.2) is 14.7 Å². The number of nitrogens with one attached hydrogen (secondary N) is 1. The predicted molar refractivity (Wildman–Crippen MR) is 98.2 cm³/mol. The standard InChI is InChI=1S/C18H18N4O4S/c23-15-11-26-18(25)22(15)10-14(12-4-2-1-3-5-12)20-16(24)13-8-21(9-13)17-19-6-7-27-17/h1-7,13-14H,8-11H2,(H,20,24).